The van der Waals surface area contributed by atoms with Crippen LogP contribution in [0.3, 0.4) is 0 Å². The fourth-order valence-electron chi connectivity index (χ4n) is 3.73. The Morgan fingerprint density at radius 2 is 1.70 bits per heavy atom. The van der Waals surface area contributed by atoms with Crippen molar-refractivity contribution in [1.29, 1.82) is 0 Å². The minimum atomic E-state index is -4.11. The molecule has 0 saturated carbocycles. The molecule has 200 valence electrons. The first-order chi connectivity index (χ1) is 17.8. The lowest BCUT2D eigenvalue weighted by Crippen LogP contribution is -2.29. The first-order valence-corrected chi connectivity index (χ1v) is 14.7. The molecule has 1 saturated heterocycles. The van der Waals surface area contributed by atoms with E-state index in [1.165, 1.54) is 30.6 Å². The second-order valence-corrected chi connectivity index (χ2v) is 11.1. The number of halogens is 1. The third-order valence-corrected chi connectivity index (χ3v) is 8.16. The molecular weight excluding hydrogens is 515 g/mol. The SMILES string of the molecule is CCCCCCCCOc1ccc(/C=C2\SC(=NS(=O)(=O)c3ccc(F)cc3)N(CC)C2=O)cc1OC. The van der Waals surface area contributed by atoms with Crippen molar-refractivity contribution in [2.24, 2.45) is 4.40 Å². The van der Waals surface area contributed by atoms with Crippen LogP contribution >= 0.6 is 11.8 Å². The zero-order valence-electron chi connectivity index (χ0n) is 21.4. The maximum absolute atomic E-state index is 13.2. The second-order valence-electron chi connectivity index (χ2n) is 8.49. The molecule has 2 aromatic carbocycles. The van der Waals surface area contributed by atoms with E-state index in [1.807, 2.05) is 6.07 Å². The van der Waals surface area contributed by atoms with Crippen LogP contribution in [0.1, 0.15) is 57.9 Å². The Labute approximate surface area is 222 Å². The number of hydrogen-bond donors (Lipinski definition) is 0. The van der Waals surface area contributed by atoms with E-state index in [1.54, 1.807) is 32.2 Å². The molecule has 1 amide bonds. The summed E-state index contributed by atoms with van der Waals surface area (Å²) in [7, 11) is -2.56. The molecule has 0 aliphatic carbocycles. The number of ether oxygens (including phenoxy) is 2. The number of amides is 1. The Hall–Kier alpha value is -2.85. The van der Waals surface area contributed by atoms with E-state index >= 15 is 0 Å². The maximum atomic E-state index is 13.2. The van der Waals surface area contributed by atoms with E-state index in [4.69, 9.17) is 9.47 Å². The summed E-state index contributed by atoms with van der Waals surface area (Å²) in [5.74, 6) is 0.289. The van der Waals surface area contributed by atoms with Crippen molar-refractivity contribution >= 4 is 38.9 Å². The van der Waals surface area contributed by atoms with Gasteiger partial charge in [0.2, 0.25) is 0 Å². The molecular formula is C27H33FN2O5S2. The third-order valence-electron chi connectivity index (χ3n) is 5.75. The van der Waals surface area contributed by atoms with Crippen molar-refractivity contribution in [2.45, 2.75) is 57.3 Å². The molecule has 1 aliphatic heterocycles. The average molecular weight is 549 g/mol. The van der Waals surface area contributed by atoms with Crippen LogP contribution in [0.15, 0.2) is 56.7 Å². The van der Waals surface area contributed by atoms with Gasteiger partial charge in [-0.2, -0.15) is 8.42 Å². The van der Waals surface area contributed by atoms with Gasteiger partial charge in [-0.15, -0.1) is 4.40 Å². The normalized spacial score (nSPS) is 16.1. The molecule has 0 spiro atoms. The Morgan fingerprint density at radius 1 is 1.00 bits per heavy atom. The van der Waals surface area contributed by atoms with Gasteiger partial charge in [0, 0.05) is 6.54 Å². The second kappa shape index (κ2) is 13.6. The summed E-state index contributed by atoms with van der Waals surface area (Å²) in [5, 5.41) is 0.0499. The van der Waals surface area contributed by atoms with E-state index in [-0.39, 0.29) is 22.5 Å². The number of unbranched alkanes of at least 4 members (excludes halogenated alkanes) is 5. The number of likely N-dealkylation sites (N-methyl/N-ethyl adjacent to an activating group) is 1. The van der Waals surface area contributed by atoms with Crippen LogP contribution in [0.5, 0.6) is 11.5 Å². The van der Waals surface area contributed by atoms with Gasteiger partial charge >= 0.3 is 0 Å². The molecule has 1 aliphatic rings. The van der Waals surface area contributed by atoms with Crippen LogP contribution < -0.4 is 9.47 Å². The topological polar surface area (TPSA) is 85.3 Å². The highest BCUT2D eigenvalue weighted by Crippen LogP contribution is 2.35. The van der Waals surface area contributed by atoms with Gasteiger partial charge in [0.15, 0.2) is 16.7 Å². The molecule has 0 unspecified atom stereocenters. The summed E-state index contributed by atoms with van der Waals surface area (Å²) in [6, 6.07) is 9.79. The lowest BCUT2D eigenvalue weighted by molar-refractivity contribution is -0.122. The van der Waals surface area contributed by atoms with Crippen molar-refractivity contribution < 1.29 is 27.1 Å². The van der Waals surface area contributed by atoms with Gasteiger partial charge in [-0.1, -0.05) is 45.1 Å². The number of carbonyl (C=O) groups excluding carboxylic acids is 1. The van der Waals surface area contributed by atoms with Gasteiger partial charge in [-0.05, 0) is 73.1 Å². The molecule has 1 fully saturated rings. The largest absolute Gasteiger partial charge is 0.493 e. The molecule has 10 heteroatoms. The first-order valence-electron chi connectivity index (χ1n) is 12.4. The predicted molar refractivity (Wildman–Crippen MR) is 146 cm³/mol. The Balaban J connectivity index is 1.73. The first kappa shape index (κ1) is 28.7. The molecule has 2 aromatic rings. The lowest BCUT2D eigenvalue weighted by Gasteiger charge is -2.12. The number of nitrogens with zero attached hydrogens (tertiary/aromatic N) is 2. The molecule has 1 heterocycles. The molecule has 0 radical (unpaired) electrons. The zero-order valence-corrected chi connectivity index (χ0v) is 23.0. The summed E-state index contributed by atoms with van der Waals surface area (Å²) < 4.78 is 53.9. The van der Waals surface area contributed by atoms with Crippen LogP contribution in [0.4, 0.5) is 4.39 Å². The van der Waals surface area contributed by atoms with E-state index in [0.717, 1.165) is 48.9 Å². The predicted octanol–water partition coefficient (Wildman–Crippen LogP) is 6.25. The number of carbonyl (C=O) groups is 1. The summed E-state index contributed by atoms with van der Waals surface area (Å²) >= 11 is 0.976. The number of methoxy groups -OCH3 is 1. The lowest BCUT2D eigenvalue weighted by atomic mass is 10.1. The minimum Gasteiger partial charge on any atom is -0.493 e. The summed E-state index contributed by atoms with van der Waals surface area (Å²) in [4.78, 5) is 14.4. The minimum absolute atomic E-state index is 0.0499. The van der Waals surface area contributed by atoms with Crippen LogP contribution in [0.25, 0.3) is 6.08 Å². The number of rotatable bonds is 13. The summed E-state index contributed by atoms with van der Waals surface area (Å²) in [6.45, 7) is 4.78. The highest BCUT2D eigenvalue weighted by atomic mass is 32.2. The third kappa shape index (κ3) is 7.82. The van der Waals surface area contributed by atoms with Crippen molar-refractivity contribution in [3.8, 4) is 11.5 Å². The Morgan fingerprint density at radius 3 is 2.38 bits per heavy atom. The molecule has 0 atom stereocenters. The van der Waals surface area contributed by atoms with Gasteiger partial charge in [0.25, 0.3) is 15.9 Å². The smallest absolute Gasteiger partial charge is 0.284 e. The number of sulfonamides is 1. The Kier molecular flexibility index (Phi) is 10.6. The highest BCUT2D eigenvalue weighted by Gasteiger charge is 2.34. The fourth-order valence-corrected chi connectivity index (χ4v) is 5.97. The number of thioether (sulfide) groups is 1. The van der Waals surface area contributed by atoms with E-state index < -0.39 is 15.8 Å². The Bertz CT molecular complexity index is 1240. The molecule has 0 N–H and O–H groups in total. The van der Waals surface area contributed by atoms with Crippen molar-refractivity contribution in [3.63, 3.8) is 0 Å². The summed E-state index contributed by atoms with van der Waals surface area (Å²) in [6.07, 6.45) is 8.71. The van der Waals surface area contributed by atoms with Crippen molar-refractivity contribution in [1.82, 2.24) is 4.90 Å². The highest BCUT2D eigenvalue weighted by molar-refractivity contribution is 8.19. The molecule has 7 nitrogen and oxygen atoms in total. The van der Waals surface area contributed by atoms with Crippen LogP contribution in [-0.4, -0.2) is 44.7 Å². The van der Waals surface area contributed by atoms with Crippen LogP contribution in [0, 0.1) is 5.82 Å². The van der Waals surface area contributed by atoms with E-state index in [0.29, 0.717) is 28.6 Å². The molecule has 0 aromatic heterocycles. The van der Waals surface area contributed by atoms with Crippen molar-refractivity contribution in [3.05, 3.63) is 58.8 Å². The quantitative estimate of drug-likeness (QED) is 0.217. The van der Waals surface area contributed by atoms with Crippen LogP contribution in [0.2, 0.25) is 0 Å². The molecule has 37 heavy (non-hydrogen) atoms. The van der Waals surface area contributed by atoms with Gasteiger partial charge in [0.05, 0.1) is 23.5 Å². The number of amidine groups is 1. The van der Waals surface area contributed by atoms with Gasteiger partial charge < -0.3 is 9.47 Å². The summed E-state index contributed by atoms with van der Waals surface area (Å²) in [5.41, 5.74) is 0.707. The molecule has 3 rings (SSSR count). The fraction of sp³-hybridized carbons (Fsp3) is 0.407. The van der Waals surface area contributed by atoms with E-state index in [2.05, 4.69) is 11.3 Å². The zero-order chi connectivity index (χ0) is 26.8. The maximum Gasteiger partial charge on any atom is 0.284 e. The van der Waals surface area contributed by atoms with E-state index in [9.17, 15) is 17.6 Å². The monoisotopic (exact) mass is 548 g/mol. The van der Waals surface area contributed by atoms with Gasteiger partial charge in [-0.25, -0.2) is 4.39 Å². The van der Waals surface area contributed by atoms with Gasteiger partial charge in [0.1, 0.15) is 5.82 Å². The van der Waals surface area contributed by atoms with Crippen LogP contribution in [-0.2, 0) is 14.8 Å². The average Bonchev–Trinajstić information content (AvgIpc) is 3.16. The number of benzene rings is 2. The standard InChI is InChI=1S/C27H33FN2O5S2/c1-4-6-7-8-9-10-17-35-23-16-11-20(18-24(23)34-3)19-25-26(31)30(5-2)27(36-25)29-37(32,33)22-14-12-21(28)13-15-22/h11-16,18-19H,4-10,17H2,1-3H3/b25-19-,29-27?. The number of hydrogen-bond acceptors (Lipinski definition) is 6. The van der Waals surface area contributed by atoms with Crippen molar-refractivity contribution in [2.75, 3.05) is 20.3 Å². The molecule has 0 bridgehead atoms. The van der Waals surface area contributed by atoms with Gasteiger partial charge in [-0.3, -0.25) is 9.69 Å².